The Morgan fingerprint density at radius 3 is 2.29 bits per heavy atom. The Morgan fingerprint density at radius 1 is 1.00 bits per heavy atom. The maximum atomic E-state index is 15.2. The predicted molar refractivity (Wildman–Crippen MR) is 133 cm³/mol. The summed E-state index contributed by atoms with van der Waals surface area (Å²) in [5, 5.41) is 2.39. The van der Waals surface area contributed by atoms with Gasteiger partial charge < -0.3 is 24.4 Å². The van der Waals surface area contributed by atoms with Gasteiger partial charge in [0.05, 0.1) is 13.7 Å². The lowest BCUT2D eigenvalue weighted by atomic mass is 9.92. The number of hydrogen-bond donors (Lipinski definition) is 1. The second kappa shape index (κ2) is 10.8. The number of ether oxygens (including phenoxy) is 3. The number of halogens is 5. The number of nitrogens with one attached hydrogen (secondary N) is 1. The number of cyclic esters (lactones) is 1. The summed E-state index contributed by atoms with van der Waals surface area (Å²) < 4.78 is 82.5. The molecule has 15 heteroatoms. The van der Waals surface area contributed by atoms with E-state index in [4.69, 9.17) is 9.47 Å². The minimum atomic E-state index is -4.96. The van der Waals surface area contributed by atoms with Crippen LogP contribution in [-0.2, 0) is 16.1 Å². The summed E-state index contributed by atoms with van der Waals surface area (Å²) in [7, 11) is 1.20. The van der Waals surface area contributed by atoms with E-state index in [1.54, 1.807) is 0 Å². The number of anilines is 1. The smallest absolute Gasteiger partial charge is 0.497 e. The van der Waals surface area contributed by atoms with E-state index < -0.39 is 71.2 Å². The molecule has 1 saturated heterocycles. The number of esters is 1. The Kier molecular flexibility index (Phi) is 7.34. The first-order valence-corrected chi connectivity index (χ1v) is 12.3. The number of nitrogens with zero attached hydrogens (tertiary/aromatic N) is 2. The molecule has 5 rings (SSSR count). The van der Waals surface area contributed by atoms with Crippen LogP contribution in [0.4, 0.5) is 27.6 Å². The van der Waals surface area contributed by atoms with E-state index in [1.165, 1.54) is 19.2 Å². The average Bonchev–Trinajstić information content (AvgIpc) is 3.23. The first kappa shape index (κ1) is 28.6. The SMILES string of the molecule is COc1cc(F)c([C@@H]2CN(c3ccc4n(c3=O)CCOC4=O)C(=O)C2NC(=O)c2ccc(OC(F)(F)F)cc2)c(F)c1. The number of hydrogen-bond acceptors (Lipinski definition) is 7. The summed E-state index contributed by atoms with van der Waals surface area (Å²) in [4.78, 5) is 52.9. The topological polar surface area (TPSA) is 116 Å². The van der Waals surface area contributed by atoms with Crippen molar-refractivity contribution >= 4 is 23.5 Å². The Labute approximate surface area is 233 Å². The van der Waals surface area contributed by atoms with Crippen LogP contribution >= 0.6 is 0 Å². The van der Waals surface area contributed by atoms with Gasteiger partial charge in [-0.3, -0.25) is 19.0 Å². The Hall–Kier alpha value is -4.95. The standard InChI is InChI=1S/C27H20F5N3O7/c1-40-15-10-17(28)21(18(29)11-15)16-12-35(19-6-7-20-26(39)41-9-8-34(20)24(19)37)25(38)22(16)33-23(36)13-2-4-14(5-3-13)42-27(30,31)32/h2-7,10-11,16,22H,8-9,12H2,1H3,(H,33,36)/t16-,22?/m0/s1. The van der Waals surface area contributed by atoms with Crippen molar-refractivity contribution in [3.05, 3.63) is 87.3 Å². The van der Waals surface area contributed by atoms with E-state index in [1.807, 2.05) is 0 Å². The molecule has 3 aromatic rings. The minimum Gasteiger partial charge on any atom is -0.497 e. The molecule has 2 aromatic carbocycles. The van der Waals surface area contributed by atoms with Crippen LogP contribution in [0.25, 0.3) is 0 Å². The van der Waals surface area contributed by atoms with Gasteiger partial charge in [0.1, 0.15) is 47.2 Å². The second-order valence-corrected chi connectivity index (χ2v) is 9.28. The van der Waals surface area contributed by atoms with Gasteiger partial charge in [0.15, 0.2) is 0 Å². The third-order valence-electron chi connectivity index (χ3n) is 6.81. The molecule has 2 aliphatic rings. The van der Waals surface area contributed by atoms with Crippen LogP contribution in [0.5, 0.6) is 11.5 Å². The van der Waals surface area contributed by atoms with Gasteiger partial charge in [-0.05, 0) is 36.4 Å². The van der Waals surface area contributed by atoms with E-state index in [0.29, 0.717) is 0 Å². The van der Waals surface area contributed by atoms with E-state index in [2.05, 4.69) is 10.1 Å². The molecule has 0 spiro atoms. The number of aromatic nitrogens is 1. The number of rotatable bonds is 6. The molecule has 0 saturated carbocycles. The largest absolute Gasteiger partial charge is 0.573 e. The van der Waals surface area contributed by atoms with Crippen molar-refractivity contribution < 1.29 is 50.5 Å². The van der Waals surface area contributed by atoms with Crippen molar-refractivity contribution in [1.82, 2.24) is 9.88 Å². The fraction of sp³-hybridized carbons (Fsp3) is 0.259. The fourth-order valence-corrected chi connectivity index (χ4v) is 4.91. The molecule has 220 valence electrons. The summed E-state index contributed by atoms with van der Waals surface area (Å²) >= 11 is 0. The van der Waals surface area contributed by atoms with Crippen molar-refractivity contribution in [3.63, 3.8) is 0 Å². The molecule has 0 radical (unpaired) electrons. The number of pyridine rings is 1. The second-order valence-electron chi connectivity index (χ2n) is 9.28. The maximum absolute atomic E-state index is 15.2. The zero-order valence-electron chi connectivity index (χ0n) is 21.5. The van der Waals surface area contributed by atoms with Gasteiger partial charge in [0.2, 0.25) is 5.91 Å². The van der Waals surface area contributed by atoms with E-state index in [9.17, 15) is 32.3 Å². The quantitative estimate of drug-likeness (QED) is 0.345. The molecular formula is C27H20F5N3O7. The van der Waals surface area contributed by atoms with Crippen molar-refractivity contribution in [2.24, 2.45) is 0 Å². The van der Waals surface area contributed by atoms with Crippen LogP contribution in [0.1, 0.15) is 32.3 Å². The van der Waals surface area contributed by atoms with Crippen LogP contribution in [0.15, 0.2) is 53.3 Å². The molecule has 1 fully saturated rings. The van der Waals surface area contributed by atoms with Crippen molar-refractivity contribution in [1.29, 1.82) is 0 Å². The first-order chi connectivity index (χ1) is 19.9. The van der Waals surface area contributed by atoms with Gasteiger partial charge in [-0.1, -0.05) is 0 Å². The van der Waals surface area contributed by atoms with Crippen LogP contribution in [0, 0.1) is 11.6 Å². The molecule has 10 nitrogen and oxygen atoms in total. The van der Waals surface area contributed by atoms with Gasteiger partial charge in [0, 0.05) is 35.7 Å². The lowest BCUT2D eigenvalue weighted by Gasteiger charge is -2.22. The maximum Gasteiger partial charge on any atom is 0.573 e. The van der Waals surface area contributed by atoms with E-state index in [0.717, 1.165) is 45.9 Å². The summed E-state index contributed by atoms with van der Waals surface area (Å²) in [6, 6.07) is 6.41. The zero-order chi connectivity index (χ0) is 30.3. The predicted octanol–water partition coefficient (Wildman–Crippen LogP) is 3.13. The summed E-state index contributed by atoms with van der Waals surface area (Å²) in [5.74, 6) is -6.83. The molecule has 2 atom stereocenters. The van der Waals surface area contributed by atoms with Crippen molar-refractivity contribution in [3.8, 4) is 11.5 Å². The lowest BCUT2D eigenvalue weighted by Crippen LogP contribution is -2.45. The molecule has 2 aliphatic heterocycles. The summed E-state index contributed by atoms with van der Waals surface area (Å²) in [5.41, 5.74) is -1.74. The molecule has 0 aliphatic carbocycles. The number of fused-ring (bicyclic) bond motifs is 1. The number of carbonyl (C=O) groups is 3. The highest BCUT2D eigenvalue weighted by molar-refractivity contribution is 6.05. The monoisotopic (exact) mass is 593 g/mol. The van der Waals surface area contributed by atoms with Crippen molar-refractivity contribution in [2.75, 3.05) is 25.2 Å². The van der Waals surface area contributed by atoms with Crippen LogP contribution in [-0.4, -0.2) is 55.0 Å². The Balaban J connectivity index is 1.51. The highest BCUT2D eigenvalue weighted by atomic mass is 19.4. The molecule has 1 unspecified atom stereocenters. The number of methoxy groups -OCH3 is 1. The van der Waals surface area contributed by atoms with E-state index >= 15 is 8.78 Å². The average molecular weight is 593 g/mol. The molecule has 1 aromatic heterocycles. The highest BCUT2D eigenvalue weighted by Crippen LogP contribution is 2.36. The Bertz CT molecular complexity index is 1620. The van der Waals surface area contributed by atoms with Crippen molar-refractivity contribution in [2.45, 2.75) is 24.9 Å². The lowest BCUT2D eigenvalue weighted by molar-refractivity contribution is -0.274. The zero-order valence-corrected chi connectivity index (χ0v) is 21.5. The van der Waals surface area contributed by atoms with Gasteiger partial charge >= 0.3 is 12.3 Å². The third kappa shape index (κ3) is 5.36. The van der Waals surface area contributed by atoms with Gasteiger partial charge in [-0.15, -0.1) is 13.2 Å². The van der Waals surface area contributed by atoms with Crippen LogP contribution in [0.3, 0.4) is 0 Å². The summed E-state index contributed by atoms with van der Waals surface area (Å²) in [6.45, 7) is -0.518. The number of amides is 2. The van der Waals surface area contributed by atoms with Crippen LogP contribution in [0.2, 0.25) is 0 Å². The molecule has 3 heterocycles. The number of benzene rings is 2. The molecule has 1 N–H and O–H groups in total. The molecule has 42 heavy (non-hydrogen) atoms. The van der Waals surface area contributed by atoms with Crippen LogP contribution < -0.4 is 25.2 Å². The highest BCUT2D eigenvalue weighted by Gasteiger charge is 2.46. The van der Waals surface area contributed by atoms with Gasteiger partial charge in [-0.2, -0.15) is 0 Å². The van der Waals surface area contributed by atoms with Gasteiger partial charge in [-0.25, -0.2) is 13.6 Å². The minimum absolute atomic E-state index is 0.00908. The third-order valence-corrected chi connectivity index (χ3v) is 6.81. The van der Waals surface area contributed by atoms with E-state index in [-0.39, 0.29) is 35.8 Å². The number of carbonyl (C=O) groups excluding carboxylic acids is 3. The molecule has 0 bridgehead atoms. The van der Waals surface area contributed by atoms with Gasteiger partial charge in [0.25, 0.3) is 11.5 Å². The molecule has 2 amide bonds. The fourth-order valence-electron chi connectivity index (χ4n) is 4.91. The summed E-state index contributed by atoms with van der Waals surface area (Å²) in [6.07, 6.45) is -4.96. The Morgan fingerprint density at radius 2 is 1.67 bits per heavy atom. The first-order valence-electron chi connectivity index (χ1n) is 12.3. The molecular weight excluding hydrogens is 573 g/mol. The number of alkyl halides is 3. The normalized spacial score (nSPS) is 18.4.